The molecule has 3 aromatic heterocycles. The van der Waals surface area contributed by atoms with E-state index in [1.807, 2.05) is 0 Å². The zero-order valence-electron chi connectivity index (χ0n) is 31.0. The largest absolute Gasteiger partial charge is 0.309 e. The third-order valence-corrected chi connectivity index (χ3v) is 11.8. The number of hydrogen-bond acceptors (Lipinski definition) is 0. The fourth-order valence-electron chi connectivity index (χ4n) is 9.42. The van der Waals surface area contributed by atoms with Gasteiger partial charge in [0, 0.05) is 54.9 Å². The summed E-state index contributed by atoms with van der Waals surface area (Å²) in [5.74, 6) is 0. The van der Waals surface area contributed by atoms with Gasteiger partial charge in [-0.2, -0.15) is 0 Å². The molecule has 0 saturated heterocycles. The van der Waals surface area contributed by atoms with Gasteiger partial charge in [-0.3, -0.25) is 0 Å². The van der Waals surface area contributed by atoms with Crippen LogP contribution in [-0.2, 0) is 0 Å². The zero-order chi connectivity index (χ0) is 37.5. The van der Waals surface area contributed by atoms with Crippen molar-refractivity contribution in [3.63, 3.8) is 0 Å². The molecular formula is C54H35N3. The van der Waals surface area contributed by atoms with Gasteiger partial charge < -0.3 is 13.7 Å². The van der Waals surface area contributed by atoms with E-state index >= 15 is 0 Å². The monoisotopic (exact) mass is 725 g/mol. The summed E-state index contributed by atoms with van der Waals surface area (Å²) in [4.78, 5) is 0. The lowest BCUT2D eigenvalue weighted by Crippen LogP contribution is -1.97. The van der Waals surface area contributed by atoms with Crippen LogP contribution in [0.5, 0.6) is 0 Å². The Kier molecular flexibility index (Phi) is 6.93. The summed E-state index contributed by atoms with van der Waals surface area (Å²) < 4.78 is 7.32. The molecule has 0 unspecified atom stereocenters. The van der Waals surface area contributed by atoms with E-state index in [0.717, 1.165) is 17.1 Å². The molecule has 0 amide bonds. The Morgan fingerprint density at radius 3 is 1.30 bits per heavy atom. The molecular weight excluding hydrogens is 691 g/mol. The second kappa shape index (κ2) is 12.5. The molecule has 0 saturated carbocycles. The summed E-state index contributed by atoms with van der Waals surface area (Å²) >= 11 is 0. The maximum atomic E-state index is 2.48. The predicted molar refractivity (Wildman–Crippen MR) is 240 cm³/mol. The first-order valence-corrected chi connectivity index (χ1v) is 19.6. The lowest BCUT2D eigenvalue weighted by atomic mass is 9.95. The standard InChI is InChI=1S/C54H35N3/c1-3-20-39(21-4-1)55-49-31-13-9-27-44(49)52-51(55)35-46(54-53(52)45-28-10-14-32-50(45)57(54)40-22-5-2-6-23-40)38-19-15-17-36(33-38)37-18-16-24-41(34-37)56-47-29-11-7-25-42(47)43-26-8-12-30-48(43)56/h1-35H. The number of para-hydroxylation sites is 6. The van der Waals surface area contributed by atoms with Crippen LogP contribution in [0.2, 0.25) is 0 Å². The van der Waals surface area contributed by atoms with Gasteiger partial charge in [-0.15, -0.1) is 0 Å². The van der Waals surface area contributed by atoms with Crippen molar-refractivity contribution in [2.45, 2.75) is 0 Å². The van der Waals surface area contributed by atoms with Gasteiger partial charge in [-0.05, 0) is 89.5 Å². The van der Waals surface area contributed by atoms with E-state index in [1.54, 1.807) is 0 Å². The Morgan fingerprint density at radius 1 is 0.246 bits per heavy atom. The van der Waals surface area contributed by atoms with Crippen molar-refractivity contribution in [1.82, 2.24) is 13.7 Å². The molecule has 0 radical (unpaired) electrons. The van der Waals surface area contributed by atoms with Crippen molar-refractivity contribution < 1.29 is 0 Å². The smallest absolute Gasteiger partial charge is 0.0627 e. The molecule has 0 bridgehead atoms. The number of fused-ring (bicyclic) bond motifs is 10. The van der Waals surface area contributed by atoms with Crippen molar-refractivity contribution in [2.75, 3.05) is 0 Å². The average molecular weight is 726 g/mol. The van der Waals surface area contributed by atoms with Crippen LogP contribution in [0.4, 0.5) is 0 Å². The highest BCUT2D eigenvalue weighted by Gasteiger charge is 2.24. The van der Waals surface area contributed by atoms with Gasteiger partial charge in [0.2, 0.25) is 0 Å². The second-order valence-corrected chi connectivity index (χ2v) is 14.9. The van der Waals surface area contributed by atoms with Crippen LogP contribution < -0.4 is 0 Å². The number of rotatable bonds is 5. The zero-order valence-corrected chi connectivity index (χ0v) is 31.0. The predicted octanol–water partition coefficient (Wildman–Crippen LogP) is 14.3. The van der Waals surface area contributed by atoms with Crippen LogP contribution in [-0.4, -0.2) is 13.7 Å². The molecule has 3 heterocycles. The molecule has 3 nitrogen and oxygen atoms in total. The highest BCUT2D eigenvalue weighted by Crippen LogP contribution is 2.47. The summed E-state index contributed by atoms with van der Waals surface area (Å²) in [5.41, 5.74) is 15.4. The second-order valence-electron chi connectivity index (χ2n) is 14.9. The quantitative estimate of drug-likeness (QED) is 0.168. The van der Waals surface area contributed by atoms with Gasteiger partial charge in [0.15, 0.2) is 0 Å². The molecule has 12 rings (SSSR count). The van der Waals surface area contributed by atoms with Crippen molar-refractivity contribution >= 4 is 65.4 Å². The molecule has 0 N–H and O–H groups in total. The molecule has 3 heteroatoms. The summed E-state index contributed by atoms with van der Waals surface area (Å²) in [5, 5.41) is 7.57. The number of benzene rings is 9. The molecule has 0 aliphatic heterocycles. The maximum Gasteiger partial charge on any atom is 0.0627 e. The van der Waals surface area contributed by atoms with Gasteiger partial charge in [0.05, 0.1) is 33.1 Å². The first-order chi connectivity index (χ1) is 28.3. The van der Waals surface area contributed by atoms with Crippen LogP contribution in [0.15, 0.2) is 212 Å². The molecule has 0 fully saturated rings. The summed E-state index contributed by atoms with van der Waals surface area (Å²) in [6.45, 7) is 0. The SMILES string of the molecule is c1ccc(-n2c3ccccc3c3c4c5ccccc5n(-c5ccccc5)c4c(-c4cccc(-c5cccc(-n6c7ccccc7c7ccccc76)c5)c4)cc32)cc1. The van der Waals surface area contributed by atoms with E-state index in [4.69, 9.17) is 0 Å². The van der Waals surface area contributed by atoms with E-state index in [-0.39, 0.29) is 0 Å². The highest BCUT2D eigenvalue weighted by molar-refractivity contribution is 6.31. The van der Waals surface area contributed by atoms with Crippen molar-refractivity contribution in [1.29, 1.82) is 0 Å². The number of nitrogens with zero attached hydrogens (tertiary/aromatic N) is 3. The molecule has 0 spiro atoms. The Morgan fingerprint density at radius 2 is 0.667 bits per heavy atom. The Bertz CT molecular complexity index is 3460. The van der Waals surface area contributed by atoms with Gasteiger partial charge in [-0.1, -0.05) is 140 Å². The van der Waals surface area contributed by atoms with Gasteiger partial charge in [0.1, 0.15) is 0 Å². The average Bonchev–Trinajstić information content (AvgIpc) is 3.93. The minimum absolute atomic E-state index is 1.14. The van der Waals surface area contributed by atoms with Crippen molar-refractivity contribution in [3.05, 3.63) is 212 Å². The van der Waals surface area contributed by atoms with Crippen molar-refractivity contribution in [3.8, 4) is 39.3 Å². The highest BCUT2D eigenvalue weighted by atomic mass is 15.0. The lowest BCUT2D eigenvalue weighted by molar-refractivity contribution is 1.17. The first kappa shape index (κ1) is 31.7. The first-order valence-electron chi connectivity index (χ1n) is 19.6. The summed E-state index contributed by atoms with van der Waals surface area (Å²) in [6, 6.07) is 77.4. The minimum Gasteiger partial charge on any atom is -0.309 e. The third-order valence-electron chi connectivity index (χ3n) is 11.8. The molecule has 9 aromatic carbocycles. The number of hydrogen-bond donors (Lipinski definition) is 0. The molecule has 0 aliphatic carbocycles. The maximum absolute atomic E-state index is 2.48. The minimum atomic E-state index is 1.14. The fourth-order valence-corrected chi connectivity index (χ4v) is 9.42. The normalized spacial score (nSPS) is 11.9. The van der Waals surface area contributed by atoms with Gasteiger partial charge in [0.25, 0.3) is 0 Å². The molecule has 57 heavy (non-hydrogen) atoms. The molecule has 12 aromatic rings. The van der Waals surface area contributed by atoms with Crippen LogP contribution in [0.3, 0.4) is 0 Å². The Labute approximate surface area is 329 Å². The van der Waals surface area contributed by atoms with E-state index in [0.29, 0.717) is 0 Å². The lowest BCUT2D eigenvalue weighted by Gasteiger charge is -2.15. The molecule has 0 atom stereocenters. The van der Waals surface area contributed by atoms with E-state index < -0.39 is 0 Å². The Hall–Kier alpha value is -7.62. The van der Waals surface area contributed by atoms with Gasteiger partial charge >= 0.3 is 0 Å². The van der Waals surface area contributed by atoms with Crippen LogP contribution >= 0.6 is 0 Å². The van der Waals surface area contributed by atoms with Crippen LogP contribution in [0, 0.1) is 0 Å². The number of aromatic nitrogens is 3. The van der Waals surface area contributed by atoms with Gasteiger partial charge in [-0.25, -0.2) is 0 Å². The molecule has 266 valence electrons. The summed E-state index contributed by atoms with van der Waals surface area (Å²) in [7, 11) is 0. The fraction of sp³-hybridized carbons (Fsp3) is 0. The van der Waals surface area contributed by atoms with E-state index in [2.05, 4.69) is 226 Å². The molecule has 0 aliphatic rings. The summed E-state index contributed by atoms with van der Waals surface area (Å²) in [6.07, 6.45) is 0. The van der Waals surface area contributed by atoms with Crippen molar-refractivity contribution in [2.24, 2.45) is 0 Å². The third kappa shape index (κ3) is 4.73. The van der Waals surface area contributed by atoms with Crippen LogP contribution in [0.1, 0.15) is 0 Å². The van der Waals surface area contributed by atoms with E-state index in [9.17, 15) is 0 Å². The topological polar surface area (TPSA) is 14.8 Å². The Balaban J connectivity index is 1.16. The van der Waals surface area contributed by atoms with E-state index in [1.165, 1.54) is 87.7 Å². The van der Waals surface area contributed by atoms with Crippen LogP contribution in [0.25, 0.3) is 105 Å².